The zero-order chi connectivity index (χ0) is 13.9. The van der Waals surface area contributed by atoms with Crippen molar-refractivity contribution in [2.24, 2.45) is 0 Å². The Morgan fingerprint density at radius 1 is 1.50 bits per heavy atom. The summed E-state index contributed by atoms with van der Waals surface area (Å²) in [4.78, 5) is 11.5. The second kappa shape index (κ2) is 5.54. The molecule has 2 heterocycles. The molecule has 1 saturated heterocycles. The van der Waals surface area contributed by atoms with Crippen LogP contribution < -0.4 is 4.74 Å². The summed E-state index contributed by atoms with van der Waals surface area (Å²) in [5, 5.41) is 8.46. The number of carbonyl (C=O) groups is 1. The molecule has 6 nitrogen and oxygen atoms in total. The largest absolute Gasteiger partial charge is 0.497 e. The van der Waals surface area contributed by atoms with Gasteiger partial charge in [-0.1, -0.05) is 17.8 Å². The summed E-state index contributed by atoms with van der Waals surface area (Å²) in [5.41, 5.74) is 0.892. The molecular formula is C13H13N3O3S. The molecule has 20 heavy (non-hydrogen) atoms. The van der Waals surface area contributed by atoms with Crippen molar-refractivity contribution in [3.8, 4) is 11.4 Å². The van der Waals surface area contributed by atoms with Crippen LogP contribution in [-0.4, -0.2) is 39.7 Å². The minimum absolute atomic E-state index is 0.185. The van der Waals surface area contributed by atoms with E-state index in [0.717, 1.165) is 11.4 Å². The van der Waals surface area contributed by atoms with E-state index in [1.165, 1.54) is 11.8 Å². The minimum atomic E-state index is -0.205. The van der Waals surface area contributed by atoms with Crippen molar-refractivity contribution < 1.29 is 14.3 Å². The second-order valence-corrected chi connectivity index (χ2v) is 5.42. The molecule has 3 rings (SSSR count). The number of hydrogen-bond acceptors (Lipinski definition) is 6. The summed E-state index contributed by atoms with van der Waals surface area (Å²) in [5.74, 6) is 0.572. The third-order valence-corrected chi connectivity index (χ3v) is 4.18. The Labute approximate surface area is 120 Å². The third kappa shape index (κ3) is 2.49. The number of nitrogens with zero attached hydrogens (tertiary/aromatic N) is 3. The van der Waals surface area contributed by atoms with E-state index in [1.54, 1.807) is 13.4 Å². The first-order valence-electron chi connectivity index (χ1n) is 6.15. The summed E-state index contributed by atoms with van der Waals surface area (Å²) in [7, 11) is 1.62. The number of cyclic esters (lactones) is 1. The molecule has 0 unspecified atom stereocenters. The van der Waals surface area contributed by atoms with E-state index in [1.807, 2.05) is 28.8 Å². The maximum atomic E-state index is 11.5. The molecule has 0 aliphatic carbocycles. The maximum Gasteiger partial charge on any atom is 0.319 e. The molecule has 7 heteroatoms. The van der Waals surface area contributed by atoms with Gasteiger partial charge in [0.15, 0.2) is 5.16 Å². The molecule has 104 valence electrons. The lowest BCUT2D eigenvalue weighted by Crippen LogP contribution is -2.10. The fourth-order valence-corrected chi connectivity index (χ4v) is 2.95. The van der Waals surface area contributed by atoms with Gasteiger partial charge in [0.1, 0.15) is 17.3 Å². The normalized spacial score (nSPS) is 18.1. The van der Waals surface area contributed by atoms with Crippen molar-refractivity contribution in [1.29, 1.82) is 0 Å². The number of thioether (sulfide) groups is 1. The van der Waals surface area contributed by atoms with E-state index in [4.69, 9.17) is 9.47 Å². The summed E-state index contributed by atoms with van der Waals surface area (Å²) < 4.78 is 12.0. The Morgan fingerprint density at radius 2 is 2.40 bits per heavy atom. The smallest absolute Gasteiger partial charge is 0.319 e. The number of hydrogen-bond donors (Lipinski definition) is 0. The van der Waals surface area contributed by atoms with Crippen LogP contribution in [0.3, 0.4) is 0 Å². The molecule has 1 aliphatic rings. The van der Waals surface area contributed by atoms with E-state index in [-0.39, 0.29) is 11.2 Å². The van der Waals surface area contributed by atoms with Crippen molar-refractivity contribution >= 4 is 17.7 Å². The van der Waals surface area contributed by atoms with E-state index in [0.29, 0.717) is 18.2 Å². The van der Waals surface area contributed by atoms with E-state index in [2.05, 4.69) is 10.2 Å². The predicted octanol–water partition coefficient (Wildman–Crippen LogP) is 1.68. The van der Waals surface area contributed by atoms with Crippen LogP contribution in [0.1, 0.15) is 6.42 Å². The lowest BCUT2D eigenvalue weighted by molar-refractivity contribution is -0.137. The van der Waals surface area contributed by atoms with Crippen LogP contribution in [0.4, 0.5) is 0 Å². The Kier molecular flexibility index (Phi) is 3.60. The zero-order valence-corrected chi connectivity index (χ0v) is 11.7. The van der Waals surface area contributed by atoms with Crippen LogP contribution in [0.2, 0.25) is 0 Å². The average molecular weight is 291 g/mol. The number of carbonyl (C=O) groups excluding carboxylic acids is 1. The number of rotatable bonds is 4. The van der Waals surface area contributed by atoms with Gasteiger partial charge in [0, 0.05) is 12.5 Å². The minimum Gasteiger partial charge on any atom is -0.497 e. The lowest BCUT2D eigenvalue weighted by Gasteiger charge is -2.09. The van der Waals surface area contributed by atoms with Crippen molar-refractivity contribution in [3.63, 3.8) is 0 Å². The van der Waals surface area contributed by atoms with Crippen LogP contribution in [-0.2, 0) is 9.53 Å². The van der Waals surface area contributed by atoms with Gasteiger partial charge < -0.3 is 9.47 Å². The molecule has 1 aliphatic heterocycles. The topological polar surface area (TPSA) is 66.2 Å². The van der Waals surface area contributed by atoms with Crippen LogP contribution in [0, 0.1) is 0 Å². The van der Waals surface area contributed by atoms with Crippen LogP contribution in [0.15, 0.2) is 35.7 Å². The van der Waals surface area contributed by atoms with Crippen LogP contribution >= 0.6 is 11.8 Å². The van der Waals surface area contributed by atoms with Crippen molar-refractivity contribution in [3.05, 3.63) is 30.6 Å². The molecule has 1 aromatic carbocycles. The standard InChI is InChI=1S/C13H13N3O3S/c1-18-10-4-2-3-9(7-10)16-8-14-15-13(16)20-11-5-6-19-12(11)17/h2-4,7-8,11H,5-6H2,1H3/t11-/m1/s1. The number of methoxy groups -OCH3 is 1. The predicted molar refractivity (Wildman–Crippen MR) is 73.1 cm³/mol. The molecule has 0 saturated carbocycles. The SMILES string of the molecule is COc1cccc(-n2cnnc2S[C@@H]2CCOC2=O)c1. The van der Waals surface area contributed by atoms with Crippen LogP contribution in [0.25, 0.3) is 5.69 Å². The summed E-state index contributed by atoms with van der Waals surface area (Å²) >= 11 is 1.37. The highest BCUT2D eigenvalue weighted by Gasteiger charge is 2.29. The molecule has 0 bridgehead atoms. The van der Waals surface area contributed by atoms with Gasteiger partial charge in [0.05, 0.1) is 19.4 Å². The molecule has 0 radical (unpaired) electrons. The number of esters is 1. The monoisotopic (exact) mass is 291 g/mol. The molecule has 1 fully saturated rings. The van der Waals surface area contributed by atoms with Crippen molar-refractivity contribution in [2.45, 2.75) is 16.8 Å². The molecule has 0 spiro atoms. The summed E-state index contributed by atoms with van der Waals surface area (Å²) in [6, 6.07) is 7.59. The Bertz CT molecular complexity index is 629. The molecule has 2 aromatic rings. The molecule has 1 atom stereocenters. The maximum absolute atomic E-state index is 11.5. The number of ether oxygens (including phenoxy) is 2. The molecule has 0 N–H and O–H groups in total. The Hall–Kier alpha value is -2.02. The lowest BCUT2D eigenvalue weighted by atomic mass is 10.3. The first-order valence-corrected chi connectivity index (χ1v) is 7.03. The summed E-state index contributed by atoms with van der Waals surface area (Å²) in [6.07, 6.45) is 2.33. The number of benzene rings is 1. The zero-order valence-electron chi connectivity index (χ0n) is 10.9. The molecule has 0 amide bonds. The second-order valence-electron chi connectivity index (χ2n) is 4.25. The highest BCUT2D eigenvalue weighted by molar-refractivity contribution is 8.00. The highest BCUT2D eigenvalue weighted by Crippen LogP contribution is 2.30. The van der Waals surface area contributed by atoms with Gasteiger partial charge >= 0.3 is 5.97 Å². The highest BCUT2D eigenvalue weighted by atomic mass is 32.2. The average Bonchev–Trinajstić information content (AvgIpc) is 3.09. The third-order valence-electron chi connectivity index (χ3n) is 2.98. The van der Waals surface area contributed by atoms with Gasteiger partial charge in [-0.15, -0.1) is 10.2 Å². The summed E-state index contributed by atoms with van der Waals surface area (Å²) in [6.45, 7) is 0.476. The van der Waals surface area contributed by atoms with Gasteiger partial charge in [0.2, 0.25) is 0 Å². The fraction of sp³-hybridized carbons (Fsp3) is 0.308. The van der Waals surface area contributed by atoms with Crippen molar-refractivity contribution in [2.75, 3.05) is 13.7 Å². The van der Waals surface area contributed by atoms with Gasteiger partial charge in [0.25, 0.3) is 0 Å². The quantitative estimate of drug-likeness (QED) is 0.799. The van der Waals surface area contributed by atoms with E-state index < -0.39 is 0 Å². The van der Waals surface area contributed by atoms with E-state index in [9.17, 15) is 4.79 Å². The van der Waals surface area contributed by atoms with Gasteiger partial charge in [-0.05, 0) is 12.1 Å². The first kappa shape index (κ1) is 13.0. The molecule has 1 aromatic heterocycles. The molecular weight excluding hydrogens is 278 g/mol. The fourth-order valence-electron chi connectivity index (χ4n) is 1.95. The first-order chi connectivity index (χ1) is 9.78. The van der Waals surface area contributed by atoms with Gasteiger partial charge in [-0.25, -0.2) is 0 Å². The van der Waals surface area contributed by atoms with Gasteiger partial charge in [-0.2, -0.15) is 0 Å². The van der Waals surface area contributed by atoms with Gasteiger partial charge in [-0.3, -0.25) is 9.36 Å². The van der Waals surface area contributed by atoms with E-state index >= 15 is 0 Å². The van der Waals surface area contributed by atoms with Crippen LogP contribution in [0.5, 0.6) is 5.75 Å². The van der Waals surface area contributed by atoms with Crippen molar-refractivity contribution in [1.82, 2.24) is 14.8 Å². The Morgan fingerprint density at radius 3 is 3.15 bits per heavy atom. The number of aromatic nitrogens is 3. The Balaban J connectivity index is 1.87.